The fourth-order valence-electron chi connectivity index (χ4n) is 2.53. The Kier molecular flexibility index (Phi) is 3.66. The first-order chi connectivity index (χ1) is 10.2. The van der Waals surface area contributed by atoms with Crippen molar-refractivity contribution >= 4 is 5.91 Å². The number of para-hydroxylation sites is 1. The number of carbonyl (C=O) groups excluding carboxylic acids is 1. The Labute approximate surface area is 122 Å². The molecule has 1 N–H and O–H groups in total. The fourth-order valence-corrected chi connectivity index (χ4v) is 2.53. The van der Waals surface area contributed by atoms with Gasteiger partial charge in [0.2, 0.25) is 0 Å². The first-order valence-electron chi connectivity index (χ1n) is 6.96. The second kappa shape index (κ2) is 5.61. The van der Waals surface area contributed by atoms with E-state index in [0.29, 0.717) is 24.3 Å². The molecule has 0 spiro atoms. The van der Waals surface area contributed by atoms with Gasteiger partial charge in [0, 0.05) is 13.1 Å². The highest BCUT2D eigenvalue weighted by Gasteiger charge is 2.29. The van der Waals surface area contributed by atoms with Crippen LogP contribution in [0.3, 0.4) is 0 Å². The Morgan fingerprint density at radius 1 is 1.38 bits per heavy atom. The van der Waals surface area contributed by atoms with Crippen molar-refractivity contribution in [2.24, 2.45) is 5.92 Å². The summed E-state index contributed by atoms with van der Waals surface area (Å²) >= 11 is 0. The van der Waals surface area contributed by atoms with Gasteiger partial charge in [0.25, 0.3) is 5.91 Å². The van der Waals surface area contributed by atoms with Crippen LogP contribution in [-0.2, 0) is 0 Å². The Morgan fingerprint density at radius 3 is 2.90 bits per heavy atom. The summed E-state index contributed by atoms with van der Waals surface area (Å²) in [7, 11) is 0. The van der Waals surface area contributed by atoms with Crippen molar-refractivity contribution in [3.63, 3.8) is 0 Å². The number of β-amino-alcohol motifs (C(OH)–C–C–N with tert-alkyl or cyclic N) is 1. The van der Waals surface area contributed by atoms with Crippen LogP contribution < -0.4 is 0 Å². The molecule has 1 aromatic heterocycles. The van der Waals surface area contributed by atoms with E-state index in [0.717, 1.165) is 6.42 Å². The third kappa shape index (κ3) is 2.64. The summed E-state index contributed by atoms with van der Waals surface area (Å²) in [6.45, 7) is 3.02. The van der Waals surface area contributed by atoms with Crippen LogP contribution >= 0.6 is 0 Å². The molecule has 21 heavy (non-hydrogen) atoms. The van der Waals surface area contributed by atoms with Gasteiger partial charge in [0.15, 0.2) is 0 Å². The summed E-state index contributed by atoms with van der Waals surface area (Å²) in [6, 6.07) is 7.20. The maximum Gasteiger partial charge on any atom is 0.256 e. The van der Waals surface area contributed by atoms with E-state index in [1.165, 1.54) is 11.0 Å². The van der Waals surface area contributed by atoms with Gasteiger partial charge in [-0.3, -0.25) is 4.79 Å². The number of rotatable bonds is 2. The van der Waals surface area contributed by atoms with Crippen LogP contribution in [-0.4, -0.2) is 55.3 Å². The lowest BCUT2D eigenvalue weighted by Gasteiger charge is -2.34. The third-order valence-electron chi connectivity index (χ3n) is 3.94. The van der Waals surface area contributed by atoms with E-state index >= 15 is 0 Å². The molecule has 1 amide bonds. The Morgan fingerprint density at radius 2 is 2.19 bits per heavy atom. The second-order valence-electron chi connectivity index (χ2n) is 5.36. The van der Waals surface area contributed by atoms with Crippen molar-refractivity contribution < 1.29 is 9.90 Å². The van der Waals surface area contributed by atoms with Crippen molar-refractivity contribution in [1.29, 1.82) is 0 Å². The standard InChI is InChI=1S/C14H17N5O2/c1-10-6-7-18(8-13(10)20)14(21)11-4-2-3-5-12(11)19-9-15-16-17-19/h2-5,9-10,13,20H,6-8H2,1H3. The zero-order valence-electron chi connectivity index (χ0n) is 11.8. The molecule has 0 saturated carbocycles. The predicted octanol–water partition coefficient (Wildman–Crippen LogP) is 0.505. The number of aliphatic hydroxyl groups is 1. The van der Waals surface area contributed by atoms with Crippen molar-refractivity contribution in [2.45, 2.75) is 19.4 Å². The van der Waals surface area contributed by atoms with Crippen molar-refractivity contribution in [1.82, 2.24) is 25.1 Å². The Hall–Kier alpha value is -2.28. The van der Waals surface area contributed by atoms with Crippen LogP contribution in [0.25, 0.3) is 5.69 Å². The molecule has 3 rings (SSSR count). The normalized spacial score (nSPS) is 22.3. The quantitative estimate of drug-likeness (QED) is 0.869. The molecule has 7 nitrogen and oxygen atoms in total. The molecule has 1 aliphatic heterocycles. The molecule has 1 aromatic carbocycles. The summed E-state index contributed by atoms with van der Waals surface area (Å²) in [6.07, 6.45) is 1.79. The van der Waals surface area contributed by atoms with E-state index in [1.54, 1.807) is 17.0 Å². The number of aromatic nitrogens is 4. The minimum absolute atomic E-state index is 0.105. The third-order valence-corrected chi connectivity index (χ3v) is 3.94. The predicted molar refractivity (Wildman–Crippen MR) is 74.8 cm³/mol. The number of piperidine rings is 1. The summed E-state index contributed by atoms with van der Waals surface area (Å²) in [5, 5.41) is 21.0. The monoisotopic (exact) mass is 287 g/mol. The van der Waals surface area contributed by atoms with Crippen LogP contribution in [0.4, 0.5) is 0 Å². The highest BCUT2D eigenvalue weighted by molar-refractivity contribution is 5.97. The average molecular weight is 287 g/mol. The van der Waals surface area contributed by atoms with E-state index in [1.807, 2.05) is 19.1 Å². The highest BCUT2D eigenvalue weighted by atomic mass is 16.3. The molecule has 0 bridgehead atoms. The maximum atomic E-state index is 12.7. The number of tetrazole rings is 1. The van der Waals surface area contributed by atoms with Gasteiger partial charge in [-0.1, -0.05) is 19.1 Å². The Bertz CT molecular complexity index is 628. The SMILES string of the molecule is CC1CCN(C(=O)c2ccccc2-n2cnnn2)CC1O. The average Bonchev–Trinajstić information content (AvgIpc) is 3.03. The van der Waals surface area contributed by atoms with Crippen LogP contribution in [0.15, 0.2) is 30.6 Å². The molecule has 110 valence electrons. The fraction of sp³-hybridized carbons (Fsp3) is 0.429. The van der Waals surface area contributed by atoms with Gasteiger partial charge < -0.3 is 10.0 Å². The first kappa shape index (κ1) is 13.7. The van der Waals surface area contributed by atoms with Crippen molar-refractivity contribution in [2.75, 3.05) is 13.1 Å². The summed E-state index contributed by atoms with van der Waals surface area (Å²) in [5.74, 6) is 0.121. The molecular weight excluding hydrogens is 270 g/mol. The number of likely N-dealkylation sites (tertiary alicyclic amines) is 1. The van der Waals surface area contributed by atoms with Gasteiger partial charge >= 0.3 is 0 Å². The summed E-state index contributed by atoms with van der Waals surface area (Å²) in [4.78, 5) is 14.4. The van der Waals surface area contributed by atoms with Crippen LogP contribution in [0, 0.1) is 5.92 Å². The van der Waals surface area contributed by atoms with E-state index in [9.17, 15) is 9.90 Å². The lowest BCUT2D eigenvalue weighted by molar-refractivity contribution is 0.0248. The molecule has 0 radical (unpaired) electrons. The molecule has 7 heteroatoms. The highest BCUT2D eigenvalue weighted by Crippen LogP contribution is 2.21. The van der Waals surface area contributed by atoms with Crippen molar-refractivity contribution in [3.8, 4) is 5.69 Å². The lowest BCUT2D eigenvalue weighted by atomic mass is 9.95. The van der Waals surface area contributed by atoms with Gasteiger partial charge in [0.1, 0.15) is 6.33 Å². The number of amides is 1. The van der Waals surface area contributed by atoms with Gasteiger partial charge in [-0.25, -0.2) is 0 Å². The molecule has 2 heterocycles. The molecule has 2 aromatic rings. The zero-order valence-corrected chi connectivity index (χ0v) is 11.8. The van der Waals surface area contributed by atoms with Gasteiger partial charge in [-0.15, -0.1) is 5.10 Å². The zero-order chi connectivity index (χ0) is 14.8. The minimum atomic E-state index is -0.470. The largest absolute Gasteiger partial charge is 0.391 e. The molecule has 1 saturated heterocycles. The number of carbonyl (C=O) groups is 1. The van der Waals surface area contributed by atoms with Crippen LogP contribution in [0.5, 0.6) is 0 Å². The first-order valence-corrected chi connectivity index (χ1v) is 6.96. The van der Waals surface area contributed by atoms with Gasteiger partial charge in [-0.05, 0) is 34.9 Å². The van der Waals surface area contributed by atoms with Gasteiger partial charge in [0.05, 0.1) is 17.4 Å². The molecule has 2 atom stereocenters. The van der Waals surface area contributed by atoms with E-state index in [-0.39, 0.29) is 11.8 Å². The number of benzene rings is 1. The van der Waals surface area contributed by atoms with Crippen molar-refractivity contribution in [3.05, 3.63) is 36.2 Å². The molecule has 0 aliphatic carbocycles. The molecular formula is C14H17N5O2. The second-order valence-corrected chi connectivity index (χ2v) is 5.36. The maximum absolute atomic E-state index is 12.7. The van der Waals surface area contributed by atoms with E-state index in [4.69, 9.17) is 0 Å². The summed E-state index contributed by atoms with van der Waals surface area (Å²) < 4.78 is 1.47. The smallest absolute Gasteiger partial charge is 0.256 e. The lowest BCUT2D eigenvalue weighted by Crippen LogP contribution is -2.46. The minimum Gasteiger partial charge on any atom is -0.391 e. The molecule has 1 fully saturated rings. The summed E-state index contributed by atoms with van der Waals surface area (Å²) in [5.41, 5.74) is 1.17. The van der Waals surface area contributed by atoms with Gasteiger partial charge in [-0.2, -0.15) is 4.68 Å². The Balaban J connectivity index is 1.89. The van der Waals surface area contributed by atoms with E-state index in [2.05, 4.69) is 15.5 Å². The van der Waals surface area contributed by atoms with Crippen LogP contribution in [0.1, 0.15) is 23.7 Å². The molecule has 2 unspecified atom stereocenters. The molecule has 1 aliphatic rings. The number of aliphatic hydroxyl groups excluding tert-OH is 1. The number of nitrogens with zero attached hydrogens (tertiary/aromatic N) is 5. The topological polar surface area (TPSA) is 84.1 Å². The number of hydrogen-bond acceptors (Lipinski definition) is 5. The van der Waals surface area contributed by atoms with Crippen LogP contribution in [0.2, 0.25) is 0 Å². The van der Waals surface area contributed by atoms with E-state index < -0.39 is 6.10 Å². The number of hydrogen-bond donors (Lipinski definition) is 1.